The molecule has 1 aromatic heterocycles. The maximum absolute atomic E-state index is 12.7. The highest BCUT2D eigenvalue weighted by Gasteiger charge is 2.40. The highest BCUT2D eigenvalue weighted by Crippen LogP contribution is 2.31. The SMILES string of the molecule is CN1CCCN(C)C2(CCN(C(=O)CCc3nc4ccccc4[nH]3)CC2)C1. The average molecular weight is 370 g/mol. The molecular formula is C21H31N5O. The second-order valence-electron chi connectivity index (χ2n) is 8.32. The molecule has 0 atom stereocenters. The van der Waals surface area contributed by atoms with Gasteiger partial charge in [-0.25, -0.2) is 4.98 Å². The van der Waals surface area contributed by atoms with Gasteiger partial charge < -0.3 is 14.8 Å². The molecule has 146 valence electrons. The summed E-state index contributed by atoms with van der Waals surface area (Å²) in [5.41, 5.74) is 2.25. The van der Waals surface area contributed by atoms with Crippen LogP contribution < -0.4 is 0 Å². The normalized spacial score (nSPS) is 21.6. The van der Waals surface area contributed by atoms with Crippen molar-refractivity contribution in [1.29, 1.82) is 0 Å². The second kappa shape index (κ2) is 7.60. The van der Waals surface area contributed by atoms with Crippen LogP contribution in [-0.4, -0.2) is 82.9 Å². The number of likely N-dealkylation sites (N-methyl/N-ethyl adjacent to an activating group) is 2. The van der Waals surface area contributed by atoms with E-state index in [-0.39, 0.29) is 11.4 Å². The molecule has 2 aromatic rings. The maximum atomic E-state index is 12.7. The number of para-hydroxylation sites is 2. The van der Waals surface area contributed by atoms with E-state index in [0.29, 0.717) is 12.8 Å². The van der Waals surface area contributed by atoms with Gasteiger partial charge in [-0.2, -0.15) is 0 Å². The van der Waals surface area contributed by atoms with Crippen LogP contribution in [0.2, 0.25) is 0 Å². The van der Waals surface area contributed by atoms with Crippen LogP contribution in [0.3, 0.4) is 0 Å². The minimum Gasteiger partial charge on any atom is -0.343 e. The van der Waals surface area contributed by atoms with Gasteiger partial charge in [0.25, 0.3) is 0 Å². The third-order valence-electron chi connectivity index (χ3n) is 6.47. The number of nitrogens with one attached hydrogen (secondary N) is 1. The standard InChI is InChI=1S/C21H31N5O/c1-24-12-5-13-25(2)21(16-24)10-14-26(15-11-21)20(27)9-8-19-22-17-6-3-4-7-18(17)23-19/h3-4,6-7H,5,8-16H2,1-2H3,(H,22,23). The van der Waals surface area contributed by atoms with Crippen molar-refractivity contribution in [1.82, 2.24) is 24.7 Å². The van der Waals surface area contributed by atoms with Crippen molar-refractivity contribution in [2.45, 2.75) is 37.6 Å². The molecule has 0 aliphatic carbocycles. The van der Waals surface area contributed by atoms with Crippen molar-refractivity contribution >= 4 is 16.9 Å². The summed E-state index contributed by atoms with van der Waals surface area (Å²) >= 11 is 0. The van der Waals surface area contributed by atoms with Crippen LogP contribution in [0.4, 0.5) is 0 Å². The molecule has 0 bridgehead atoms. The molecule has 2 aliphatic heterocycles. The van der Waals surface area contributed by atoms with E-state index in [0.717, 1.165) is 55.9 Å². The number of carbonyl (C=O) groups is 1. The zero-order chi connectivity index (χ0) is 18.9. The number of H-pyrrole nitrogens is 1. The Morgan fingerprint density at radius 3 is 2.70 bits per heavy atom. The molecule has 2 aliphatic rings. The zero-order valence-electron chi connectivity index (χ0n) is 16.6. The Balaban J connectivity index is 1.33. The number of benzene rings is 1. The van der Waals surface area contributed by atoms with E-state index in [2.05, 4.69) is 38.8 Å². The summed E-state index contributed by atoms with van der Waals surface area (Å²) in [4.78, 5) is 27.7. The largest absolute Gasteiger partial charge is 0.343 e. The number of amides is 1. The molecular weight excluding hydrogens is 338 g/mol. The highest BCUT2D eigenvalue weighted by atomic mass is 16.2. The van der Waals surface area contributed by atoms with Gasteiger partial charge in [-0.15, -0.1) is 0 Å². The number of piperidine rings is 1. The van der Waals surface area contributed by atoms with E-state index >= 15 is 0 Å². The third kappa shape index (κ3) is 3.87. The van der Waals surface area contributed by atoms with E-state index in [4.69, 9.17) is 0 Å². The first-order valence-corrected chi connectivity index (χ1v) is 10.2. The molecule has 3 heterocycles. The lowest BCUT2D eigenvalue weighted by Crippen LogP contribution is -2.58. The number of hydrogen-bond acceptors (Lipinski definition) is 4. The predicted molar refractivity (Wildman–Crippen MR) is 108 cm³/mol. The van der Waals surface area contributed by atoms with E-state index in [9.17, 15) is 4.79 Å². The Hall–Kier alpha value is -1.92. The Morgan fingerprint density at radius 2 is 1.93 bits per heavy atom. The molecule has 27 heavy (non-hydrogen) atoms. The monoisotopic (exact) mass is 369 g/mol. The van der Waals surface area contributed by atoms with Crippen molar-refractivity contribution in [3.8, 4) is 0 Å². The van der Waals surface area contributed by atoms with Gasteiger partial charge in [0.15, 0.2) is 0 Å². The summed E-state index contributed by atoms with van der Waals surface area (Å²) < 4.78 is 0. The summed E-state index contributed by atoms with van der Waals surface area (Å²) in [5, 5.41) is 0. The summed E-state index contributed by atoms with van der Waals surface area (Å²) in [7, 11) is 4.49. The first kappa shape index (κ1) is 18.4. The van der Waals surface area contributed by atoms with Crippen LogP contribution in [0.25, 0.3) is 11.0 Å². The minimum absolute atomic E-state index is 0.237. The number of imidazole rings is 1. The van der Waals surface area contributed by atoms with Crippen molar-refractivity contribution in [2.24, 2.45) is 0 Å². The van der Waals surface area contributed by atoms with E-state index < -0.39 is 0 Å². The Kier molecular flexibility index (Phi) is 5.19. The number of nitrogens with zero attached hydrogens (tertiary/aromatic N) is 4. The molecule has 0 unspecified atom stereocenters. The van der Waals surface area contributed by atoms with Gasteiger partial charge in [0.2, 0.25) is 5.91 Å². The molecule has 2 fully saturated rings. The molecule has 2 saturated heterocycles. The fraction of sp³-hybridized carbons (Fsp3) is 0.619. The van der Waals surface area contributed by atoms with Gasteiger partial charge in [-0.3, -0.25) is 9.69 Å². The van der Waals surface area contributed by atoms with E-state index in [1.807, 2.05) is 24.3 Å². The molecule has 1 amide bonds. The summed E-state index contributed by atoms with van der Waals surface area (Å²) in [5.74, 6) is 1.16. The first-order valence-electron chi connectivity index (χ1n) is 10.2. The smallest absolute Gasteiger partial charge is 0.223 e. The first-order chi connectivity index (χ1) is 13.1. The minimum atomic E-state index is 0.237. The summed E-state index contributed by atoms with van der Waals surface area (Å²) in [6, 6.07) is 8.02. The van der Waals surface area contributed by atoms with Gasteiger partial charge in [0.1, 0.15) is 5.82 Å². The molecule has 1 aromatic carbocycles. The number of fused-ring (bicyclic) bond motifs is 1. The lowest BCUT2D eigenvalue weighted by atomic mass is 9.85. The molecule has 6 nitrogen and oxygen atoms in total. The van der Waals surface area contributed by atoms with E-state index in [1.54, 1.807) is 0 Å². The number of rotatable bonds is 3. The molecule has 1 N–H and O–H groups in total. The lowest BCUT2D eigenvalue weighted by molar-refractivity contribution is -0.134. The van der Waals surface area contributed by atoms with Crippen molar-refractivity contribution in [2.75, 3.05) is 46.8 Å². The topological polar surface area (TPSA) is 55.5 Å². The summed E-state index contributed by atoms with van der Waals surface area (Å²) in [6.07, 6.45) is 4.59. The van der Waals surface area contributed by atoms with Crippen LogP contribution >= 0.6 is 0 Å². The van der Waals surface area contributed by atoms with Crippen LogP contribution in [0.1, 0.15) is 31.5 Å². The fourth-order valence-corrected chi connectivity index (χ4v) is 4.74. The predicted octanol–water partition coefficient (Wildman–Crippen LogP) is 2.12. The average Bonchev–Trinajstić information content (AvgIpc) is 3.03. The number of hydrogen-bond donors (Lipinski definition) is 1. The Bertz CT molecular complexity index is 760. The number of aromatic amines is 1. The number of aryl methyl sites for hydroxylation is 1. The quantitative estimate of drug-likeness (QED) is 0.900. The zero-order valence-corrected chi connectivity index (χ0v) is 16.6. The number of carbonyl (C=O) groups excluding carboxylic acids is 1. The van der Waals surface area contributed by atoms with Crippen molar-refractivity contribution in [3.63, 3.8) is 0 Å². The van der Waals surface area contributed by atoms with Crippen molar-refractivity contribution < 1.29 is 4.79 Å². The fourth-order valence-electron chi connectivity index (χ4n) is 4.74. The molecule has 0 radical (unpaired) electrons. The van der Waals surface area contributed by atoms with Gasteiger partial charge in [0.05, 0.1) is 11.0 Å². The number of likely N-dealkylation sites (tertiary alicyclic amines) is 1. The van der Waals surface area contributed by atoms with Crippen LogP contribution in [0, 0.1) is 0 Å². The molecule has 0 saturated carbocycles. The van der Waals surface area contributed by atoms with Crippen LogP contribution in [-0.2, 0) is 11.2 Å². The summed E-state index contributed by atoms with van der Waals surface area (Å²) in [6.45, 7) is 5.19. The van der Waals surface area contributed by atoms with Gasteiger partial charge in [-0.1, -0.05) is 12.1 Å². The number of aromatic nitrogens is 2. The Morgan fingerprint density at radius 1 is 1.15 bits per heavy atom. The Labute approximate surface area is 161 Å². The van der Waals surface area contributed by atoms with Crippen LogP contribution in [0.5, 0.6) is 0 Å². The van der Waals surface area contributed by atoms with Crippen LogP contribution in [0.15, 0.2) is 24.3 Å². The lowest BCUT2D eigenvalue weighted by Gasteiger charge is -2.47. The molecule has 4 rings (SSSR count). The second-order valence-corrected chi connectivity index (χ2v) is 8.32. The maximum Gasteiger partial charge on any atom is 0.223 e. The van der Waals surface area contributed by atoms with Crippen molar-refractivity contribution in [3.05, 3.63) is 30.1 Å². The van der Waals surface area contributed by atoms with Gasteiger partial charge in [-0.05, 0) is 58.6 Å². The third-order valence-corrected chi connectivity index (χ3v) is 6.47. The molecule has 6 heteroatoms. The highest BCUT2D eigenvalue weighted by molar-refractivity contribution is 5.77. The molecule has 1 spiro atoms. The van der Waals surface area contributed by atoms with Gasteiger partial charge >= 0.3 is 0 Å². The van der Waals surface area contributed by atoms with Gasteiger partial charge in [0, 0.05) is 38.0 Å². The van der Waals surface area contributed by atoms with E-state index in [1.165, 1.54) is 13.0 Å².